The first kappa shape index (κ1) is 14.2. The second kappa shape index (κ2) is 6.65. The maximum absolute atomic E-state index is 9.08. The van der Waals surface area contributed by atoms with E-state index in [4.69, 9.17) is 5.21 Å². The molecule has 0 bridgehead atoms. The third-order valence-electron chi connectivity index (χ3n) is 3.13. The van der Waals surface area contributed by atoms with Gasteiger partial charge in [-0.15, -0.1) is 0 Å². The molecule has 2 heteroatoms. The van der Waals surface area contributed by atoms with Crippen LogP contribution in [-0.2, 0) is 0 Å². The fourth-order valence-corrected chi connectivity index (χ4v) is 1.83. The van der Waals surface area contributed by atoms with E-state index in [1.807, 2.05) is 0 Å². The first-order chi connectivity index (χ1) is 6.93. The highest BCUT2D eigenvalue weighted by atomic mass is 16.4. The Morgan fingerprint density at radius 1 is 1.27 bits per heavy atom. The Labute approximate surface area is 94.1 Å². The van der Waals surface area contributed by atoms with Gasteiger partial charge in [-0.1, -0.05) is 50.9 Å². The zero-order valence-electron chi connectivity index (χ0n) is 10.9. The van der Waals surface area contributed by atoms with Crippen LogP contribution in [0.5, 0.6) is 0 Å². The lowest BCUT2D eigenvalue weighted by Gasteiger charge is -2.22. The maximum atomic E-state index is 9.08. The summed E-state index contributed by atoms with van der Waals surface area (Å²) in [6.45, 7) is 12.7. The van der Waals surface area contributed by atoms with E-state index in [2.05, 4.69) is 52.8 Å². The molecule has 0 rings (SSSR count). The average molecular weight is 211 g/mol. The standard InChI is InChI=1S/C13H25NO/c1-7-10(4)12(6)13(14-15)11(5)8-9(2)3/h8,10-12,15H,7H2,1-6H3. The summed E-state index contributed by atoms with van der Waals surface area (Å²) >= 11 is 0. The molecule has 2 nitrogen and oxygen atoms in total. The molecule has 0 radical (unpaired) electrons. The van der Waals surface area contributed by atoms with Crippen molar-refractivity contribution in [1.29, 1.82) is 0 Å². The first-order valence-corrected chi connectivity index (χ1v) is 5.80. The van der Waals surface area contributed by atoms with Gasteiger partial charge in [0.05, 0.1) is 5.71 Å². The zero-order chi connectivity index (χ0) is 12.0. The lowest BCUT2D eigenvalue weighted by Crippen LogP contribution is -2.24. The van der Waals surface area contributed by atoms with Gasteiger partial charge >= 0.3 is 0 Å². The SMILES string of the molecule is CCC(C)C(C)C(=NO)C(C)C=C(C)C. The molecule has 3 atom stereocenters. The van der Waals surface area contributed by atoms with Crippen LogP contribution in [0.25, 0.3) is 0 Å². The zero-order valence-corrected chi connectivity index (χ0v) is 10.9. The minimum absolute atomic E-state index is 0.226. The van der Waals surface area contributed by atoms with Crippen molar-refractivity contribution in [3.8, 4) is 0 Å². The molecule has 0 heterocycles. The van der Waals surface area contributed by atoms with Gasteiger partial charge in [0.1, 0.15) is 0 Å². The molecule has 3 unspecified atom stereocenters. The maximum Gasteiger partial charge on any atom is 0.0667 e. The summed E-state index contributed by atoms with van der Waals surface area (Å²) in [6.07, 6.45) is 3.26. The van der Waals surface area contributed by atoms with Gasteiger partial charge in [0, 0.05) is 11.8 Å². The van der Waals surface area contributed by atoms with E-state index >= 15 is 0 Å². The van der Waals surface area contributed by atoms with Gasteiger partial charge in [0.15, 0.2) is 0 Å². The summed E-state index contributed by atoms with van der Waals surface area (Å²) in [5, 5.41) is 12.6. The van der Waals surface area contributed by atoms with Gasteiger partial charge in [0.2, 0.25) is 0 Å². The number of allylic oxidation sites excluding steroid dienone is 2. The van der Waals surface area contributed by atoms with Crippen LogP contribution in [0, 0.1) is 17.8 Å². The molecule has 0 aromatic carbocycles. The van der Waals surface area contributed by atoms with Crippen LogP contribution in [0.4, 0.5) is 0 Å². The van der Waals surface area contributed by atoms with E-state index in [1.54, 1.807) is 0 Å². The summed E-state index contributed by atoms with van der Waals surface area (Å²) in [5.74, 6) is 1.12. The van der Waals surface area contributed by atoms with E-state index < -0.39 is 0 Å². The molecule has 0 aliphatic carbocycles. The lowest BCUT2D eigenvalue weighted by molar-refractivity contribution is 0.306. The summed E-state index contributed by atoms with van der Waals surface area (Å²) in [6, 6.07) is 0. The largest absolute Gasteiger partial charge is 0.411 e. The fourth-order valence-electron chi connectivity index (χ4n) is 1.83. The first-order valence-electron chi connectivity index (χ1n) is 5.80. The van der Waals surface area contributed by atoms with Gasteiger partial charge in [-0.3, -0.25) is 0 Å². The number of oxime groups is 1. The third kappa shape index (κ3) is 4.50. The van der Waals surface area contributed by atoms with E-state index in [9.17, 15) is 0 Å². The van der Waals surface area contributed by atoms with E-state index in [0.29, 0.717) is 11.8 Å². The molecule has 0 aliphatic rings. The Kier molecular flexibility index (Phi) is 6.30. The molecule has 1 N–H and O–H groups in total. The second-order valence-electron chi connectivity index (χ2n) is 4.73. The van der Waals surface area contributed by atoms with Crippen LogP contribution < -0.4 is 0 Å². The van der Waals surface area contributed by atoms with Crippen LogP contribution in [0.3, 0.4) is 0 Å². The van der Waals surface area contributed by atoms with Crippen molar-refractivity contribution >= 4 is 5.71 Å². The molecule has 0 saturated carbocycles. The van der Waals surface area contributed by atoms with Crippen molar-refractivity contribution in [3.05, 3.63) is 11.6 Å². The highest BCUT2D eigenvalue weighted by Crippen LogP contribution is 2.21. The average Bonchev–Trinajstić information content (AvgIpc) is 2.16. The van der Waals surface area contributed by atoms with Crippen molar-refractivity contribution in [1.82, 2.24) is 0 Å². The van der Waals surface area contributed by atoms with Crippen LogP contribution in [-0.4, -0.2) is 10.9 Å². The van der Waals surface area contributed by atoms with Gasteiger partial charge < -0.3 is 5.21 Å². The Hall–Kier alpha value is -0.790. The summed E-state index contributed by atoms with van der Waals surface area (Å²) in [4.78, 5) is 0. The Balaban J connectivity index is 4.71. The molecular weight excluding hydrogens is 186 g/mol. The predicted octanol–water partition coefficient (Wildman–Crippen LogP) is 4.10. The summed E-state index contributed by atoms with van der Waals surface area (Å²) in [5.41, 5.74) is 2.16. The molecule has 0 aliphatic heterocycles. The molecule has 15 heavy (non-hydrogen) atoms. The number of hydrogen-bond acceptors (Lipinski definition) is 2. The minimum atomic E-state index is 0.226. The van der Waals surface area contributed by atoms with Gasteiger partial charge in [-0.2, -0.15) is 0 Å². The smallest absolute Gasteiger partial charge is 0.0667 e. The molecule has 0 spiro atoms. The number of rotatable bonds is 5. The topological polar surface area (TPSA) is 32.6 Å². The number of nitrogens with zero attached hydrogens (tertiary/aromatic N) is 1. The monoisotopic (exact) mass is 211 g/mol. The van der Waals surface area contributed by atoms with Crippen LogP contribution in [0.1, 0.15) is 48.0 Å². The van der Waals surface area contributed by atoms with Gasteiger partial charge in [-0.25, -0.2) is 0 Å². The van der Waals surface area contributed by atoms with Crippen molar-refractivity contribution in [2.24, 2.45) is 22.9 Å². The van der Waals surface area contributed by atoms with Crippen LogP contribution in [0.15, 0.2) is 16.8 Å². The Morgan fingerprint density at radius 2 is 1.80 bits per heavy atom. The van der Waals surface area contributed by atoms with Gasteiger partial charge in [0.25, 0.3) is 0 Å². The molecule has 0 fully saturated rings. The molecule has 0 aromatic rings. The second-order valence-corrected chi connectivity index (χ2v) is 4.73. The summed E-state index contributed by atoms with van der Waals surface area (Å²) in [7, 11) is 0. The van der Waals surface area contributed by atoms with Crippen molar-refractivity contribution in [2.75, 3.05) is 0 Å². The molecule has 0 aromatic heterocycles. The summed E-state index contributed by atoms with van der Waals surface area (Å²) < 4.78 is 0. The normalized spacial score (nSPS) is 18.1. The van der Waals surface area contributed by atoms with E-state index in [1.165, 1.54) is 5.57 Å². The minimum Gasteiger partial charge on any atom is -0.411 e. The Bertz CT molecular complexity index is 239. The molecule has 88 valence electrons. The molecular formula is C13H25NO. The highest BCUT2D eigenvalue weighted by Gasteiger charge is 2.21. The van der Waals surface area contributed by atoms with Crippen molar-refractivity contribution in [3.63, 3.8) is 0 Å². The predicted molar refractivity (Wildman–Crippen MR) is 66.4 cm³/mol. The van der Waals surface area contributed by atoms with Crippen LogP contribution in [0.2, 0.25) is 0 Å². The fraction of sp³-hybridized carbons (Fsp3) is 0.769. The highest BCUT2D eigenvalue weighted by molar-refractivity contribution is 5.89. The Morgan fingerprint density at radius 3 is 2.13 bits per heavy atom. The molecule has 0 amide bonds. The van der Waals surface area contributed by atoms with Crippen molar-refractivity contribution in [2.45, 2.75) is 48.0 Å². The molecule has 0 saturated heterocycles. The van der Waals surface area contributed by atoms with Crippen LogP contribution >= 0.6 is 0 Å². The number of hydrogen-bond donors (Lipinski definition) is 1. The third-order valence-corrected chi connectivity index (χ3v) is 3.13. The van der Waals surface area contributed by atoms with Crippen molar-refractivity contribution < 1.29 is 5.21 Å². The van der Waals surface area contributed by atoms with E-state index in [-0.39, 0.29) is 5.92 Å². The van der Waals surface area contributed by atoms with Gasteiger partial charge in [-0.05, 0) is 19.8 Å². The quantitative estimate of drug-likeness (QED) is 0.316. The lowest BCUT2D eigenvalue weighted by atomic mass is 9.83. The van der Waals surface area contributed by atoms with E-state index in [0.717, 1.165) is 12.1 Å².